The number of aliphatic hydroxyl groups excluding tert-OH is 1. The van der Waals surface area contributed by atoms with Crippen molar-refractivity contribution in [1.29, 1.82) is 0 Å². The topological polar surface area (TPSA) is 87.1 Å². The van der Waals surface area contributed by atoms with Gasteiger partial charge in [0.05, 0.1) is 12.5 Å². The first kappa shape index (κ1) is 22.6. The third kappa shape index (κ3) is 4.95. The van der Waals surface area contributed by atoms with Crippen LogP contribution in [0.3, 0.4) is 0 Å². The average molecular weight is 452 g/mol. The van der Waals surface area contributed by atoms with Crippen molar-refractivity contribution in [2.24, 2.45) is 0 Å². The van der Waals surface area contributed by atoms with Crippen LogP contribution in [-0.2, 0) is 14.3 Å². The highest BCUT2D eigenvalue weighted by atomic mass is 35.5. The summed E-state index contributed by atoms with van der Waals surface area (Å²) in [5.41, 5.74) is 1.52. The Labute approximate surface area is 185 Å². The molecule has 2 aromatic rings. The molecule has 2 aromatic carbocycles. The normalized spacial score (nSPS) is 22.7. The summed E-state index contributed by atoms with van der Waals surface area (Å²) < 4.78 is 6.08. The van der Waals surface area contributed by atoms with E-state index in [4.69, 9.17) is 27.9 Å². The fourth-order valence-electron chi connectivity index (χ4n) is 3.81. The zero-order valence-electron chi connectivity index (χ0n) is 16.4. The quantitative estimate of drug-likeness (QED) is 0.656. The Balaban J connectivity index is 2.14. The summed E-state index contributed by atoms with van der Waals surface area (Å²) in [6, 6.07) is 13.3. The van der Waals surface area contributed by atoms with E-state index in [0.717, 1.165) is 11.1 Å². The number of carbonyl (C=O) groups excluding carboxylic acids is 1. The molecule has 6 nitrogen and oxygen atoms in total. The van der Waals surface area contributed by atoms with Crippen molar-refractivity contribution in [2.75, 3.05) is 6.61 Å². The van der Waals surface area contributed by atoms with Gasteiger partial charge >= 0.3 is 5.97 Å². The molecule has 0 bridgehead atoms. The summed E-state index contributed by atoms with van der Waals surface area (Å²) in [6.07, 6.45) is -1.90. The Hall–Kier alpha value is -2.12. The van der Waals surface area contributed by atoms with E-state index in [1.165, 1.54) is 0 Å². The van der Waals surface area contributed by atoms with Crippen LogP contribution in [0.2, 0.25) is 10.0 Å². The third-order valence-electron chi connectivity index (χ3n) is 5.20. The number of hydrogen-bond acceptors (Lipinski definition) is 4. The zero-order valence-corrected chi connectivity index (χ0v) is 17.9. The second-order valence-corrected chi connectivity index (χ2v) is 8.17. The lowest BCUT2D eigenvalue weighted by Crippen LogP contribution is -2.54. The summed E-state index contributed by atoms with van der Waals surface area (Å²) in [7, 11) is 0. The summed E-state index contributed by atoms with van der Waals surface area (Å²) in [4.78, 5) is 26.3. The molecule has 3 rings (SSSR count). The van der Waals surface area contributed by atoms with Gasteiger partial charge in [0.15, 0.2) is 0 Å². The van der Waals surface area contributed by atoms with E-state index < -0.39 is 36.5 Å². The largest absolute Gasteiger partial charge is 0.481 e. The van der Waals surface area contributed by atoms with E-state index in [2.05, 4.69) is 0 Å². The lowest BCUT2D eigenvalue weighted by atomic mass is 9.89. The Kier molecular flexibility index (Phi) is 7.36. The Bertz CT molecular complexity index is 905. The summed E-state index contributed by atoms with van der Waals surface area (Å²) in [6.45, 7) is 1.72. The van der Waals surface area contributed by atoms with Gasteiger partial charge in [-0.05, 0) is 48.7 Å². The van der Waals surface area contributed by atoms with Crippen LogP contribution in [0, 0.1) is 0 Å². The van der Waals surface area contributed by atoms with Crippen LogP contribution in [0.15, 0.2) is 48.5 Å². The second kappa shape index (κ2) is 9.79. The minimum Gasteiger partial charge on any atom is -0.481 e. The number of benzene rings is 2. The molecule has 4 atom stereocenters. The van der Waals surface area contributed by atoms with Crippen molar-refractivity contribution in [3.05, 3.63) is 69.7 Å². The molecule has 1 saturated heterocycles. The molecule has 1 aliphatic rings. The molecule has 1 aliphatic heterocycles. The van der Waals surface area contributed by atoms with Crippen molar-refractivity contribution >= 4 is 35.1 Å². The van der Waals surface area contributed by atoms with Gasteiger partial charge in [-0.15, -0.1) is 0 Å². The molecule has 1 heterocycles. The zero-order chi connectivity index (χ0) is 21.8. The predicted molar refractivity (Wildman–Crippen MR) is 114 cm³/mol. The van der Waals surface area contributed by atoms with Crippen LogP contribution >= 0.6 is 23.2 Å². The molecule has 1 fully saturated rings. The van der Waals surface area contributed by atoms with Gasteiger partial charge in [-0.1, -0.05) is 47.5 Å². The van der Waals surface area contributed by atoms with Crippen LogP contribution in [0.25, 0.3) is 0 Å². The van der Waals surface area contributed by atoms with Crippen molar-refractivity contribution in [2.45, 2.75) is 44.1 Å². The number of halogens is 2. The number of carbonyl (C=O) groups is 2. The molecule has 160 valence electrons. The number of ether oxygens (including phenoxy) is 1. The first-order chi connectivity index (χ1) is 14.3. The highest BCUT2D eigenvalue weighted by Gasteiger charge is 2.46. The number of aliphatic hydroxyl groups is 1. The van der Waals surface area contributed by atoms with Gasteiger partial charge in [-0.2, -0.15) is 0 Å². The molecule has 8 heteroatoms. The molecular formula is C22H23Cl2NO5. The highest BCUT2D eigenvalue weighted by Crippen LogP contribution is 2.44. The lowest BCUT2D eigenvalue weighted by molar-refractivity contribution is -0.183. The maximum absolute atomic E-state index is 13.3. The SMILES string of the molecule is C[C@@H](CCO)N1C(=O)[C@H](CC(=O)O)O[C@H](c2cccc(Cl)c2)[C@H]1c1ccc(Cl)cc1. The number of rotatable bonds is 7. The van der Waals surface area contributed by atoms with Gasteiger partial charge in [0.25, 0.3) is 5.91 Å². The Morgan fingerprint density at radius 1 is 1.13 bits per heavy atom. The number of hydrogen-bond donors (Lipinski definition) is 2. The molecule has 2 N–H and O–H groups in total. The standard InChI is InChI=1S/C22H23Cl2NO5/c1-13(9-10-26)25-20(14-5-7-16(23)8-6-14)21(15-3-2-4-17(24)11-15)30-18(22(25)29)12-19(27)28/h2-8,11,13,18,20-21,26H,9-10,12H2,1H3,(H,27,28)/t13-,18-,20+,21+/m0/s1. The number of amides is 1. The van der Waals surface area contributed by atoms with Gasteiger partial charge in [0, 0.05) is 22.7 Å². The smallest absolute Gasteiger partial charge is 0.306 e. The molecule has 0 saturated carbocycles. The first-order valence-corrected chi connectivity index (χ1v) is 10.4. The highest BCUT2D eigenvalue weighted by molar-refractivity contribution is 6.30. The average Bonchev–Trinajstić information content (AvgIpc) is 2.69. The fourth-order valence-corrected chi connectivity index (χ4v) is 4.13. The number of aliphatic carboxylic acids is 1. The molecule has 30 heavy (non-hydrogen) atoms. The maximum Gasteiger partial charge on any atom is 0.306 e. The van der Waals surface area contributed by atoms with E-state index in [9.17, 15) is 19.8 Å². The van der Waals surface area contributed by atoms with Crippen molar-refractivity contribution in [1.82, 2.24) is 4.90 Å². The van der Waals surface area contributed by atoms with Gasteiger partial charge < -0.3 is 19.8 Å². The minimum atomic E-state index is -1.14. The van der Waals surface area contributed by atoms with Crippen LogP contribution in [0.5, 0.6) is 0 Å². The van der Waals surface area contributed by atoms with Crippen LogP contribution < -0.4 is 0 Å². The number of carboxylic acid groups (broad SMARTS) is 1. The summed E-state index contributed by atoms with van der Waals surface area (Å²) in [5.74, 6) is -1.55. The van der Waals surface area contributed by atoms with Crippen LogP contribution in [0.1, 0.15) is 43.0 Å². The number of morpholine rings is 1. The van der Waals surface area contributed by atoms with Gasteiger partial charge in [0.1, 0.15) is 12.2 Å². The van der Waals surface area contributed by atoms with Crippen molar-refractivity contribution in [3.8, 4) is 0 Å². The van der Waals surface area contributed by atoms with E-state index >= 15 is 0 Å². The molecule has 0 aliphatic carbocycles. The van der Waals surface area contributed by atoms with E-state index in [1.54, 1.807) is 35.2 Å². The molecular weight excluding hydrogens is 429 g/mol. The van der Waals surface area contributed by atoms with Gasteiger partial charge in [-0.3, -0.25) is 9.59 Å². The molecule has 0 spiro atoms. The van der Waals surface area contributed by atoms with Crippen molar-refractivity contribution in [3.63, 3.8) is 0 Å². The minimum absolute atomic E-state index is 0.107. The van der Waals surface area contributed by atoms with Crippen LogP contribution in [0.4, 0.5) is 0 Å². The summed E-state index contributed by atoms with van der Waals surface area (Å²) >= 11 is 12.3. The van der Waals surface area contributed by atoms with Gasteiger partial charge in [0.2, 0.25) is 0 Å². The van der Waals surface area contributed by atoms with Crippen LogP contribution in [-0.4, -0.2) is 45.7 Å². The van der Waals surface area contributed by atoms with Crippen molar-refractivity contribution < 1.29 is 24.5 Å². The summed E-state index contributed by atoms with van der Waals surface area (Å²) in [5, 5.41) is 19.8. The Morgan fingerprint density at radius 3 is 2.43 bits per heavy atom. The molecule has 1 amide bonds. The monoisotopic (exact) mass is 451 g/mol. The first-order valence-electron chi connectivity index (χ1n) is 9.63. The molecule has 0 aromatic heterocycles. The van der Waals surface area contributed by atoms with Gasteiger partial charge in [-0.25, -0.2) is 0 Å². The lowest BCUT2D eigenvalue weighted by Gasteiger charge is -2.47. The van der Waals surface area contributed by atoms with E-state index in [1.807, 2.05) is 25.1 Å². The third-order valence-corrected chi connectivity index (χ3v) is 5.68. The van der Waals surface area contributed by atoms with E-state index in [0.29, 0.717) is 16.5 Å². The number of carboxylic acids is 1. The predicted octanol–water partition coefficient (Wildman–Crippen LogP) is 4.25. The molecule has 0 radical (unpaired) electrons. The fraction of sp³-hybridized carbons (Fsp3) is 0.364. The van der Waals surface area contributed by atoms with E-state index in [-0.39, 0.29) is 12.6 Å². The maximum atomic E-state index is 13.3. The number of nitrogens with zero attached hydrogens (tertiary/aromatic N) is 1. The Morgan fingerprint density at radius 2 is 1.83 bits per heavy atom. The second-order valence-electron chi connectivity index (χ2n) is 7.30. The molecule has 0 unspecified atom stereocenters.